The van der Waals surface area contributed by atoms with Crippen LogP contribution in [0, 0.1) is 0 Å². The molecule has 2 N–H and O–H groups in total. The molecule has 0 bridgehead atoms. The lowest BCUT2D eigenvalue weighted by atomic mass is 10.1. The van der Waals surface area contributed by atoms with E-state index in [1.165, 1.54) is 68.0 Å². The lowest BCUT2D eigenvalue weighted by molar-refractivity contribution is -0.127. The summed E-state index contributed by atoms with van der Waals surface area (Å²) in [7, 11) is 1.66. The van der Waals surface area contributed by atoms with E-state index in [4.69, 9.17) is 11.6 Å². The third-order valence-corrected chi connectivity index (χ3v) is 7.16. The van der Waals surface area contributed by atoms with Gasteiger partial charge in [0.25, 0.3) is 5.91 Å². The summed E-state index contributed by atoms with van der Waals surface area (Å²) < 4.78 is 0. The number of aliphatic imine (C=N–C) groups is 1. The number of carbonyl (C=O) groups is 2. The Bertz CT molecular complexity index is 593. The van der Waals surface area contributed by atoms with Crippen LogP contribution in [0.15, 0.2) is 4.99 Å². The van der Waals surface area contributed by atoms with Crippen LogP contribution in [-0.4, -0.2) is 75.5 Å². The van der Waals surface area contributed by atoms with Crippen LogP contribution < -0.4 is 5.32 Å². The van der Waals surface area contributed by atoms with Crippen molar-refractivity contribution in [2.75, 3.05) is 25.2 Å². The second-order valence-electron chi connectivity index (χ2n) is 8.17. The number of fused-ring (bicyclic) bond motifs is 1. The summed E-state index contributed by atoms with van der Waals surface area (Å²) in [5.74, 6) is 0.271. The number of likely N-dealkylation sites (N-methyl/N-ethyl adjacent to an activating group) is 1. The number of amides is 3. The number of hydrogen-bond acceptors (Lipinski definition) is 6. The molecule has 1 fully saturated rings. The van der Waals surface area contributed by atoms with Gasteiger partial charge in [0.15, 0.2) is 17.4 Å². The summed E-state index contributed by atoms with van der Waals surface area (Å²) in [5, 5.41) is 12.9. The van der Waals surface area contributed by atoms with Crippen molar-refractivity contribution in [2.45, 2.75) is 89.4 Å². The first kappa shape index (κ1) is 25.3. The minimum atomic E-state index is -0.630. The molecule has 3 amide bonds. The first-order chi connectivity index (χ1) is 14.5. The largest absolute Gasteiger partial charge is 0.391 e. The number of imide groups is 1. The summed E-state index contributed by atoms with van der Waals surface area (Å²) in [5.41, 5.74) is 0. The van der Waals surface area contributed by atoms with E-state index in [-0.39, 0.29) is 11.8 Å². The van der Waals surface area contributed by atoms with Gasteiger partial charge in [0.2, 0.25) is 0 Å². The van der Waals surface area contributed by atoms with Crippen LogP contribution in [0.25, 0.3) is 0 Å². The molecule has 30 heavy (non-hydrogen) atoms. The summed E-state index contributed by atoms with van der Waals surface area (Å²) in [6, 6.07) is -0.919. The Hall–Kier alpha value is -0.990. The Morgan fingerprint density at radius 3 is 2.30 bits per heavy atom. The van der Waals surface area contributed by atoms with E-state index in [0.29, 0.717) is 10.9 Å². The molecule has 0 spiro atoms. The number of urea groups is 1. The molecular weight excluding hydrogens is 424 g/mol. The van der Waals surface area contributed by atoms with Crippen molar-refractivity contribution in [1.82, 2.24) is 15.1 Å². The molecule has 3 atom stereocenters. The molecule has 0 aromatic rings. The summed E-state index contributed by atoms with van der Waals surface area (Å²) in [6.07, 6.45) is 11.4. The number of nitrogens with zero attached hydrogens (tertiary/aromatic N) is 3. The number of rotatable bonds is 14. The van der Waals surface area contributed by atoms with E-state index in [0.717, 1.165) is 19.4 Å². The van der Waals surface area contributed by atoms with Crippen LogP contribution in [0.2, 0.25) is 0 Å². The van der Waals surface area contributed by atoms with Gasteiger partial charge >= 0.3 is 6.03 Å². The number of hydrogen-bond donors (Lipinski definition) is 2. The predicted molar refractivity (Wildman–Crippen MR) is 124 cm³/mol. The third kappa shape index (κ3) is 7.31. The molecule has 172 valence electrons. The van der Waals surface area contributed by atoms with Gasteiger partial charge in [-0.25, -0.2) is 9.79 Å². The van der Waals surface area contributed by atoms with Gasteiger partial charge in [-0.1, -0.05) is 76.5 Å². The number of unbranched alkanes of at least 4 members (excludes halogenated alkanes) is 9. The molecular formula is C21H37ClN4O3S. The van der Waals surface area contributed by atoms with E-state index in [2.05, 4.69) is 17.2 Å². The standard InChI is InChI=1S/C21H37ClN4O3S/c1-3-4-5-6-7-8-9-10-11-12-13-26-17-18(25(2)20(29)24-19(17)28)23-21(26)30-15-16(27)14-22/h16-18,27H,3-15H2,1-2H3,(H,24,28,29). The lowest BCUT2D eigenvalue weighted by Gasteiger charge is -2.36. The maximum Gasteiger partial charge on any atom is 0.325 e. The smallest absolute Gasteiger partial charge is 0.325 e. The molecule has 0 radical (unpaired) electrons. The second kappa shape index (κ2) is 13.4. The molecule has 9 heteroatoms. The van der Waals surface area contributed by atoms with E-state index in [9.17, 15) is 14.7 Å². The number of carbonyl (C=O) groups excluding carboxylic acids is 2. The molecule has 7 nitrogen and oxygen atoms in total. The molecule has 0 aromatic carbocycles. The zero-order chi connectivity index (χ0) is 21.9. The quantitative estimate of drug-likeness (QED) is 0.304. The first-order valence-corrected chi connectivity index (χ1v) is 12.8. The maximum atomic E-state index is 12.5. The fourth-order valence-corrected chi connectivity index (χ4v) is 5.09. The van der Waals surface area contributed by atoms with Gasteiger partial charge in [-0.3, -0.25) is 10.1 Å². The Labute approximate surface area is 190 Å². The lowest BCUT2D eigenvalue weighted by Crippen LogP contribution is -2.63. The monoisotopic (exact) mass is 460 g/mol. The summed E-state index contributed by atoms with van der Waals surface area (Å²) in [4.78, 5) is 32.6. The van der Waals surface area contributed by atoms with Crippen molar-refractivity contribution < 1.29 is 14.7 Å². The Morgan fingerprint density at radius 2 is 1.70 bits per heavy atom. The predicted octanol–water partition coefficient (Wildman–Crippen LogP) is 3.79. The Kier molecular flexibility index (Phi) is 11.3. The minimum absolute atomic E-state index is 0.157. The highest BCUT2D eigenvalue weighted by molar-refractivity contribution is 8.13. The molecule has 2 aliphatic heterocycles. The van der Waals surface area contributed by atoms with Crippen LogP contribution in [0.3, 0.4) is 0 Å². The van der Waals surface area contributed by atoms with E-state index in [1.54, 1.807) is 7.05 Å². The summed E-state index contributed by atoms with van der Waals surface area (Å²) >= 11 is 7.11. The average Bonchev–Trinajstić information content (AvgIpc) is 3.10. The SMILES string of the molecule is CCCCCCCCCCCCN1C(SCC(O)CCl)=NC2C1C(=O)NC(=O)N2C. The maximum absolute atomic E-state index is 12.5. The van der Waals surface area contributed by atoms with Crippen molar-refractivity contribution >= 4 is 40.5 Å². The van der Waals surface area contributed by atoms with Gasteiger partial charge in [0.1, 0.15) is 0 Å². The fourth-order valence-electron chi connectivity index (χ4n) is 3.84. The van der Waals surface area contributed by atoms with Crippen molar-refractivity contribution in [1.29, 1.82) is 0 Å². The second-order valence-corrected chi connectivity index (χ2v) is 9.47. The van der Waals surface area contributed by atoms with E-state index < -0.39 is 24.3 Å². The fraction of sp³-hybridized carbons (Fsp3) is 0.857. The minimum Gasteiger partial charge on any atom is -0.391 e. The number of aliphatic hydroxyl groups excluding tert-OH is 1. The van der Waals surface area contributed by atoms with E-state index >= 15 is 0 Å². The van der Waals surface area contributed by atoms with Crippen LogP contribution in [0.1, 0.15) is 71.1 Å². The number of thioether (sulfide) groups is 1. The Morgan fingerprint density at radius 1 is 1.10 bits per heavy atom. The van der Waals surface area contributed by atoms with Crippen LogP contribution in [0.4, 0.5) is 4.79 Å². The van der Waals surface area contributed by atoms with Crippen molar-refractivity contribution in [2.24, 2.45) is 4.99 Å². The van der Waals surface area contributed by atoms with Gasteiger partial charge in [0, 0.05) is 25.2 Å². The Balaban J connectivity index is 1.81. The van der Waals surface area contributed by atoms with Crippen LogP contribution >= 0.6 is 23.4 Å². The topological polar surface area (TPSA) is 85.2 Å². The number of amidine groups is 1. The molecule has 2 heterocycles. The molecule has 3 unspecified atom stereocenters. The molecule has 0 aliphatic carbocycles. The number of alkyl halides is 1. The van der Waals surface area contributed by atoms with E-state index in [1.807, 2.05) is 4.90 Å². The summed E-state index contributed by atoms with van der Waals surface area (Å²) in [6.45, 7) is 2.96. The average molecular weight is 461 g/mol. The molecule has 2 rings (SSSR count). The van der Waals surface area contributed by atoms with Gasteiger partial charge in [-0.15, -0.1) is 11.6 Å². The third-order valence-electron chi connectivity index (χ3n) is 5.66. The van der Waals surface area contributed by atoms with Gasteiger partial charge in [-0.05, 0) is 6.42 Å². The molecule has 0 aromatic heterocycles. The molecule has 1 saturated heterocycles. The van der Waals surface area contributed by atoms with Crippen molar-refractivity contribution in [3.8, 4) is 0 Å². The molecule has 0 saturated carbocycles. The van der Waals surface area contributed by atoms with Crippen molar-refractivity contribution in [3.05, 3.63) is 0 Å². The van der Waals surface area contributed by atoms with Gasteiger partial charge in [0.05, 0.1) is 6.10 Å². The highest BCUT2D eigenvalue weighted by Gasteiger charge is 2.48. The number of nitrogens with one attached hydrogen (secondary N) is 1. The van der Waals surface area contributed by atoms with Crippen LogP contribution in [0.5, 0.6) is 0 Å². The van der Waals surface area contributed by atoms with Crippen molar-refractivity contribution in [3.63, 3.8) is 0 Å². The highest BCUT2D eigenvalue weighted by atomic mass is 35.5. The number of aliphatic hydroxyl groups is 1. The van der Waals surface area contributed by atoms with Gasteiger partial charge in [-0.2, -0.15) is 0 Å². The number of halogens is 1. The first-order valence-electron chi connectivity index (χ1n) is 11.3. The molecule has 2 aliphatic rings. The zero-order valence-electron chi connectivity index (χ0n) is 18.3. The highest BCUT2D eigenvalue weighted by Crippen LogP contribution is 2.29. The van der Waals surface area contributed by atoms with Gasteiger partial charge < -0.3 is 14.9 Å². The zero-order valence-corrected chi connectivity index (χ0v) is 19.9. The normalized spacial score (nSPS) is 22.2. The van der Waals surface area contributed by atoms with Crippen LogP contribution in [-0.2, 0) is 4.79 Å².